The quantitative estimate of drug-likeness (QED) is 0.829. The lowest BCUT2D eigenvalue weighted by atomic mass is 9.99. The summed E-state index contributed by atoms with van der Waals surface area (Å²) in [7, 11) is 0. The molecule has 0 spiro atoms. The van der Waals surface area contributed by atoms with E-state index in [9.17, 15) is 5.26 Å². The maximum Gasteiger partial charge on any atom is 0.166 e. The van der Waals surface area contributed by atoms with Crippen molar-refractivity contribution in [2.45, 2.75) is 25.7 Å². The van der Waals surface area contributed by atoms with Gasteiger partial charge in [-0.2, -0.15) is 5.26 Å². The SMILES string of the molecule is Cc1ccc2c(C#N)nc(C3CCCNC3)n2c1. The highest BCUT2D eigenvalue weighted by molar-refractivity contribution is 5.59. The van der Waals surface area contributed by atoms with E-state index in [1.807, 2.05) is 12.1 Å². The fourth-order valence-corrected chi connectivity index (χ4v) is 2.66. The molecule has 92 valence electrons. The standard InChI is InChI=1S/C14H16N4/c1-10-4-5-13-12(7-15)17-14(18(13)9-10)11-3-2-6-16-8-11/h4-5,9,11,16H,2-3,6,8H2,1H3. The summed E-state index contributed by atoms with van der Waals surface area (Å²) in [5.41, 5.74) is 2.65. The molecule has 1 aliphatic heterocycles. The van der Waals surface area contributed by atoms with E-state index in [1.54, 1.807) is 0 Å². The van der Waals surface area contributed by atoms with Crippen LogP contribution in [0.25, 0.3) is 5.52 Å². The molecule has 3 rings (SSSR count). The molecule has 1 aliphatic rings. The maximum absolute atomic E-state index is 9.18. The normalized spacial score (nSPS) is 19.9. The number of fused-ring (bicyclic) bond motifs is 1. The van der Waals surface area contributed by atoms with E-state index in [-0.39, 0.29) is 0 Å². The van der Waals surface area contributed by atoms with Crippen molar-refractivity contribution in [3.05, 3.63) is 35.4 Å². The molecule has 1 N–H and O–H groups in total. The first kappa shape index (κ1) is 11.2. The van der Waals surface area contributed by atoms with Crippen molar-refractivity contribution in [2.75, 3.05) is 13.1 Å². The molecule has 1 fully saturated rings. The zero-order valence-electron chi connectivity index (χ0n) is 10.5. The minimum atomic E-state index is 0.412. The van der Waals surface area contributed by atoms with Crippen LogP contribution in [0, 0.1) is 18.3 Å². The Morgan fingerprint density at radius 2 is 2.39 bits per heavy atom. The van der Waals surface area contributed by atoms with Gasteiger partial charge in [0.2, 0.25) is 0 Å². The predicted molar refractivity (Wildman–Crippen MR) is 69.5 cm³/mol. The second kappa shape index (κ2) is 4.43. The van der Waals surface area contributed by atoms with Gasteiger partial charge in [0.1, 0.15) is 11.9 Å². The lowest BCUT2D eigenvalue weighted by Gasteiger charge is -2.21. The topological polar surface area (TPSA) is 53.1 Å². The Morgan fingerprint density at radius 1 is 1.50 bits per heavy atom. The van der Waals surface area contributed by atoms with Gasteiger partial charge in [0.15, 0.2) is 5.69 Å². The highest BCUT2D eigenvalue weighted by atomic mass is 15.0. The van der Waals surface area contributed by atoms with E-state index in [0.29, 0.717) is 11.6 Å². The minimum absolute atomic E-state index is 0.412. The fourth-order valence-electron chi connectivity index (χ4n) is 2.66. The van der Waals surface area contributed by atoms with Crippen LogP contribution in [0.2, 0.25) is 0 Å². The summed E-state index contributed by atoms with van der Waals surface area (Å²) in [6, 6.07) is 6.21. The summed E-state index contributed by atoms with van der Waals surface area (Å²) in [5, 5.41) is 12.6. The lowest BCUT2D eigenvalue weighted by molar-refractivity contribution is 0.445. The smallest absolute Gasteiger partial charge is 0.166 e. The van der Waals surface area contributed by atoms with E-state index < -0.39 is 0 Å². The molecule has 2 aromatic heterocycles. The molecule has 1 unspecified atom stereocenters. The molecular weight excluding hydrogens is 224 g/mol. The molecule has 0 saturated carbocycles. The zero-order valence-corrected chi connectivity index (χ0v) is 10.5. The van der Waals surface area contributed by atoms with Crippen molar-refractivity contribution < 1.29 is 0 Å². The van der Waals surface area contributed by atoms with E-state index in [0.717, 1.165) is 30.9 Å². The number of aryl methyl sites for hydroxylation is 1. The lowest BCUT2D eigenvalue weighted by Crippen LogP contribution is -2.29. The van der Waals surface area contributed by atoms with Crippen molar-refractivity contribution >= 4 is 5.52 Å². The number of nitrogens with one attached hydrogen (secondary N) is 1. The number of nitrogens with zero attached hydrogens (tertiary/aromatic N) is 3. The van der Waals surface area contributed by atoms with Crippen LogP contribution in [0.15, 0.2) is 18.3 Å². The third-order valence-electron chi connectivity index (χ3n) is 3.58. The van der Waals surface area contributed by atoms with Crippen molar-refractivity contribution in [3.63, 3.8) is 0 Å². The number of aromatic nitrogens is 2. The molecule has 0 amide bonds. The molecule has 3 heterocycles. The minimum Gasteiger partial charge on any atom is -0.316 e. The molecule has 2 aromatic rings. The molecule has 18 heavy (non-hydrogen) atoms. The number of pyridine rings is 1. The van der Waals surface area contributed by atoms with Gasteiger partial charge in [-0.15, -0.1) is 0 Å². The Hall–Kier alpha value is -1.86. The van der Waals surface area contributed by atoms with E-state index in [1.165, 1.54) is 12.0 Å². The van der Waals surface area contributed by atoms with Crippen molar-refractivity contribution in [3.8, 4) is 6.07 Å². The number of hydrogen-bond acceptors (Lipinski definition) is 3. The van der Waals surface area contributed by atoms with Gasteiger partial charge < -0.3 is 9.72 Å². The average Bonchev–Trinajstić information content (AvgIpc) is 2.77. The van der Waals surface area contributed by atoms with Crippen molar-refractivity contribution in [1.29, 1.82) is 5.26 Å². The van der Waals surface area contributed by atoms with E-state index in [4.69, 9.17) is 0 Å². The molecule has 0 aromatic carbocycles. The van der Waals surface area contributed by atoms with Crippen LogP contribution in [-0.2, 0) is 0 Å². The Bertz CT molecular complexity index is 614. The second-order valence-corrected chi connectivity index (χ2v) is 4.94. The summed E-state index contributed by atoms with van der Waals surface area (Å²) in [5.74, 6) is 1.44. The first-order chi connectivity index (χ1) is 8.79. The third-order valence-corrected chi connectivity index (χ3v) is 3.58. The Morgan fingerprint density at radius 3 is 3.11 bits per heavy atom. The number of hydrogen-bond donors (Lipinski definition) is 1. The molecule has 1 saturated heterocycles. The number of rotatable bonds is 1. The van der Waals surface area contributed by atoms with Gasteiger partial charge in [-0.25, -0.2) is 4.98 Å². The van der Waals surface area contributed by atoms with Crippen LogP contribution in [0.4, 0.5) is 0 Å². The van der Waals surface area contributed by atoms with E-state index >= 15 is 0 Å². The van der Waals surface area contributed by atoms with Gasteiger partial charge in [-0.05, 0) is 37.9 Å². The number of piperidine rings is 1. The Labute approximate surface area is 106 Å². The molecule has 0 bridgehead atoms. The summed E-state index contributed by atoms with van der Waals surface area (Å²) < 4.78 is 2.09. The molecular formula is C14H16N4. The van der Waals surface area contributed by atoms with Crippen LogP contribution < -0.4 is 5.32 Å². The highest BCUT2D eigenvalue weighted by Gasteiger charge is 2.21. The van der Waals surface area contributed by atoms with Gasteiger partial charge in [0.25, 0.3) is 0 Å². The first-order valence-corrected chi connectivity index (χ1v) is 6.39. The second-order valence-electron chi connectivity index (χ2n) is 4.94. The van der Waals surface area contributed by atoms with Gasteiger partial charge in [0, 0.05) is 18.7 Å². The highest BCUT2D eigenvalue weighted by Crippen LogP contribution is 2.25. The van der Waals surface area contributed by atoms with Gasteiger partial charge in [0.05, 0.1) is 5.52 Å². The Kier molecular flexibility index (Phi) is 2.77. The molecule has 0 aliphatic carbocycles. The summed E-state index contributed by atoms with van der Waals surface area (Å²) in [6.45, 7) is 4.11. The average molecular weight is 240 g/mol. The van der Waals surface area contributed by atoms with Crippen LogP contribution in [0.1, 0.15) is 35.8 Å². The van der Waals surface area contributed by atoms with Crippen LogP contribution in [-0.4, -0.2) is 22.5 Å². The zero-order chi connectivity index (χ0) is 12.5. The van der Waals surface area contributed by atoms with E-state index in [2.05, 4.69) is 33.9 Å². The number of imidazole rings is 1. The van der Waals surface area contributed by atoms with Crippen LogP contribution in [0.3, 0.4) is 0 Å². The predicted octanol–water partition coefficient (Wildman–Crippen LogP) is 1.98. The maximum atomic E-state index is 9.18. The third kappa shape index (κ3) is 1.77. The molecule has 0 radical (unpaired) electrons. The van der Waals surface area contributed by atoms with Crippen LogP contribution in [0.5, 0.6) is 0 Å². The monoisotopic (exact) mass is 240 g/mol. The van der Waals surface area contributed by atoms with Crippen molar-refractivity contribution in [2.24, 2.45) is 0 Å². The first-order valence-electron chi connectivity index (χ1n) is 6.39. The number of nitriles is 1. The van der Waals surface area contributed by atoms with Gasteiger partial charge in [-0.3, -0.25) is 0 Å². The van der Waals surface area contributed by atoms with Gasteiger partial charge in [-0.1, -0.05) is 6.07 Å². The summed E-state index contributed by atoms with van der Waals surface area (Å²) in [6.07, 6.45) is 4.39. The van der Waals surface area contributed by atoms with Crippen molar-refractivity contribution in [1.82, 2.24) is 14.7 Å². The summed E-state index contributed by atoms with van der Waals surface area (Å²) in [4.78, 5) is 4.53. The molecule has 1 atom stereocenters. The molecule has 4 heteroatoms. The molecule has 4 nitrogen and oxygen atoms in total. The largest absolute Gasteiger partial charge is 0.316 e. The Balaban J connectivity index is 2.16. The van der Waals surface area contributed by atoms with Gasteiger partial charge >= 0.3 is 0 Å². The summed E-state index contributed by atoms with van der Waals surface area (Å²) >= 11 is 0. The van der Waals surface area contributed by atoms with Crippen LogP contribution >= 0.6 is 0 Å². The fraction of sp³-hybridized carbons (Fsp3) is 0.429.